The summed E-state index contributed by atoms with van der Waals surface area (Å²) in [4.78, 5) is 0. The van der Waals surface area contributed by atoms with Crippen molar-refractivity contribution in [2.45, 2.75) is 40.0 Å². The van der Waals surface area contributed by atoms with Gasteiger partial charge in [0, 0.05) is 6.61 Å². The third-order valence-electron chi connectivity index (χ3n) is 3.05. The predicted molar refractivity (Wildman–Crippen MR) is 47.4 cm³/mol. The van der Waals surface area contributed by atoms with Crippen molar-refractivity contribution in [3.05, 3.63) is 0 Å². The Morgan fingerprint density at radius 2 is 2.18 bits per heavy atom. The summed E-state index contributed by atoms with van der Waals surface area (Å²) in [7, 11) is 0. The molecule has 1 fully saturated rings. The first-order chi connectivity index (χ1) is 5.08. The van der Waals surface area contributed by atoms with Crippen molar-refractivity contribution in [3.63, 3.8) is 0 Å². The molecule has 0 aromatic carbocycles. The van der Waals surface area contributed by atoms with E-state index in [0.717, 1.165) is 5.92 Å². The summed E-state index contributed by atoms with van der Waals surface area (Å²) in [5, 5.41) is 8.91. The van der Waals surface area contributed by atoms with Gasteiger partial charge in [-0.1, -0.05) is 27.2 Å². The van der Waals surface area contributed by atoms with Crippen LogP contribution in [0, 0.1) is 17.3 Å². The Kier molecular flexibility index (Phi) is 2.58. The molecule has 0 bridgehead atoms. The summed E-state index contributed by atoms with van der Waals surface area (Å²) in [5.74, 6) is 1.42. The molecule has 1 rings (SSSR count). The maximum atomic E-state index is 8.91. The molecule has 0 aromatic heterocycles. The molecule has 1 nitrogen and oxygen atoms in total. The molecule has 0 amide bonds. The van der Waals surface area contributed by atoms with Crippen molar-refractivity contribution < 1.29 is 5.11 Å². The fourth-order valence-electron chi connectivity index (χ4n) is 1.71. The summed E-state index contributed by atoms with van der Waals surface area (Å²) in [6, 6.07) is 0. The molecular formula is C10H20O. The van der Waals surface area contributed by atoms with E-state index in [1.807, 2.05) is 0 Å². The van der Waals surface area contributed by atoms with Gasteiger partial charge >= 0.3 is 0 Å². The van der Waals surface area contributed by atoms with Gasteiger partial charge in [-0.15, -0.1) is 0 Å². The highest BCUT2D eigenvalue weighted by Gasteiger charge is 2.48. The Morgan fingerprint density at radius 1 is 1.55 bits per heavy atom. The average molecular weight is 156 g/mol. The fraction of sp³-hybridized carbons (Fsp3) is 1.00. The Bertz CT molecular complexity index is 131. The minimum absolute atomic E-state index is 0.397. The lowest BCUT2D eigenvalue weighted by molar-refractivity contribution is 0.246. The number of hydrogen-bond acceptors (Lipinski definition) is 1. The molecule has 1 heteroatoms. The van der Waals surface area contributed by atoms with Crippen LogP contribution < -0.4 is 0 Å². The molecule has 66 valence electrons. The minimum atomic E-state index is 0.397. The van der Waals surface area contributed by atoms with Crippen LogP contribution in [-0.4, -0.2) is 11.7 Å². The van der Waals surface area contributed by atoms with Crippen LogP contribution in [0.25, 0.3) is 0 Å². The van der Waals surface area contributed by atoms with Crippen LogP contribution in [0.1, 0.15) is 40.0 Å². The lowest BCUT2D eigenvalue weighted by atomic mass is 9.95. The van der Waals surface area contributed by atoms with E-state index < -0.39 is 0 Å². The molecule has 11 heavy (non-hydrogen) atoms. The smallest absolute Gasteiger partial charge is 0.0464 e. The van der Waals surface area contributed by atoms with Crippen LogP contribution in [0.3, 0.4) is 0 Å². The topological polar surface area (TPSA) is 20.2 Å². The van der Waals surface area contributed by atoms with Gasteiger partial charge in [0.15, 0.2) is 0 Å². The summed E-state index contributed by atoms with van der Waals surface area (Å²) in [6.07, 6.45) is 3.86. The quantitative estimate of drug-likeness (QED) is 0.663. The van der Waals surface area contributed by atoms with Gasteiger partial charge in [0.2, 0.25) is 0 Å². The van der Waals surface area contributed by atoms with E-state index in [2.05, 4.69) is 20.8 Å². The van der Waals surface area contributed by atoms with Crippen LogP contribution in [0.15, 0.2) is 0 Å². The molecule has 0 aliphatic heterocycles. The van der Waals surface area contributed by atoms with Crippen molar-refractivity contribution in [1.82, 2.24) is 0 Å². The number of hydrogen-bond donors (Lipinski definition) is 1. The molecule has 1 aliphatic carbocycles. The van der Waals surface area contributed by atoms with Gasteiger partial charge in [0.1, 0.15) is 0 Å². The Labute approximate surface area is 69.8 Å². The first-order valence-corrected chi connectivity index (χ1v) is 4.69. The van der Waals surface area contributed by atoms with Crippen molar-refractivity contribution in [2.24, 2.45) is 17.3 Å². The molecular weight excluding hydrogens is 136 g/mol. The molecule has 2 unspecified atom stereocenters. The van der Waals surface area contributed by atoms with E-state index >= 15 is 0 Å². The van der Waals surface area contributed by atoms with E-state index in [4.69, 9.17) is 5.11 Å². The summed E-state index contributed by atoms with van der Waals surface area (Å²) < 4.78 is 0. The molecule has 0 aromatic rings. The zero-order valence-electron chi connectivity index (χ0n) is 7.93. The van der Waals surface area contributed by atoms with Crippen LogP contribution in [0.4, 0.5) is 0 Å². The van der Waals surface area contributed by atoms with E-state index in [-0.39, 0.29) is 0 Å². The molecule has 0 radical (unpaired) electrons. The van der Waals surface area contributed by atoms with Crippen molar-refractivity contribution in [3.8, 4) is 0 Å². The van der Waals surface area contributed by atoms with Gasteiger partial charge in [-0.3, -0.25) is 0 Å². The second-order valence-electron chi connectivity index (χ2n) is 4.67. The molecule has 0 spiro atoms. The highest BCUT2D eigenvalue weighted by atomic mass is 16.3. The molecule has 1 aliphatic rings. The normalized spacial score (nSPS) is 36.3. The van der Waals surface area contributed by atoms with Gasteiger partial charge in [0.25, 0.3) is 0 Å². The maximum Gasteiger partial charge on any atom is 0.0464 e. The molecule has 2 atom stereocenters. The van der Waals surface area contributed by atoms with Gasteiger partial charge in [0.05, 0.1) is 0 Å². The average Bonchev–Trinajstić information content (AvgIpc) is 2.59. The zero-order chi connectivity index (χ0) is 8.48. The van der Waals surface area contributed by atoms with E-state index in [0.29, 0.717) is 17.9 Å². The highest BCUT2D eigenvalue weighted by molar-refractivity contribution is 4.98. The zero-order valence-corrected chi connectivity index (χ0v) is 7.93. The van der Waals surface area contributed by atoms with Gasteiger partial charge < -0.3 is 5.11 Å². The lowest BCUT2D eigenvalue weighted by Crippen LogP contribution is -2.03. The first kappa shape index (κ1) is 9.05. The summed E-state index contributed by atoms with van der Waals surface area (Å²) >= 11 is 0. The minimum Gasteiger partial charge on any atom is -0.396 e. The molecule has 0 saturated heterocycles. The Balaban J connectivity index is 2.18. The monoisotopic (exact) mass is 156 g/mol. The summed E-state index contributed by atoms with van der Waals surface area (Å²) in [6.45, 7) is 7.23. The Morgan fingerprint density at radius 3 is 2.55 bits per heavy atom. The SMILES string of the molecule is CC(C)CCC1(C)CC1CO. The van der Waals surface area contributed by atoms with E-state index in [1.165, 1.54) is 19.3 Å². The van der Waals surface area contributed by atoms with Crippen LogP contribution in [0.5, 0.6) is 0 Å². The van der Waals surface area contributed by atoms with Crippen molar-refractivity contribution in [2.75, 3.05) is 6.61 Å². The van der Waals surface area contributed by atoms with Crippen molar-refractivity contribution >= 4 is 0 Å². The largest absolute Gasteiger partial charge is 0.396 e. The second-order valence-corrected chi connectivity index (χ2v) is 4.67. The van der Waals surface area contributed by atoms with Crippen LogP contribution in [-0.2, 0) is 0 Å². The Hall–Kier alpha value is -0.0400. The number of rotatable bonds is 4. The first-order valence-electron chi connectivity index (χ1n) is 4.69. The van der Waals surface area contributed by atoms with E-state index in [1.54, 1.807) is 0 Å². The summed E-state index contributed by atoms with van der Waals surface area (Å²) in [5.41, 5.74) is 0.499. The lowest BCUT2D eigenvalue weighted by Gasteiger charge is -2.11. The third kappa shape index (κ3) is 2.19. The molecule has 1 N–H and O–H groups in total. The highest BCUT2D eigenvalue weighted by Crippen LogP contribution is 2.55. The fourth-order valence-corrected chi connectivity index (χ4v) is 1.71. The van der Waals surface area contributed by atoms with Crippen LogP contribution >= 0.6 is 0 Å². The van der Waals surface area contributed by atoms with Gasteiger partial charge in [-0.2, -0.15) is 0 Å². The number of aliphatic hydroxyl groups is 1. The predicted octanol–water partition coefficient (Wildman–Crippen LogP) is 2.44. The number of aliphatic hydroxyl groups excluding tert-OH is 1. The van der Waals surface area contributed by atoms with E-state index in [9.17, 15) is 0 Å². The standard InChI is InChI=1S/C10H20O/c1-8(2)4-5-10(3)6-9(10)7-11/h8-9,11H,4-7H2,1-3H3. The van der Waals surface area contributed by atoms with Gasteiger partial charge in [-0.05, 0) is 30.1 Å². The van der Waals surface area contributed by atoms with Crippen LogP contribution in [0.2, 0.25) is 0 Å². The van der Waals surface area contributed by atoms with Crippen molar-refractivity contribution in [1.29, 1.82) is 0 Å². The maximum absolute atomic E-state index is 8.91. The van der Waals surface area contributed by atoms with Gasteiger partial charge in [-0.25, -0.2) is 0 Å². The molecule has 1 saturated carbocycles. The molecule has 0 heterocycles. The second kappa shape index (κ2) is 3.14. The third-order valence-corrected chi connectivity index (χ3v) is 3.05.